The van der Waals surface area contributed by atoms with E-state index in [0.29, 0.717) is 0 Å². The smallest absolute Gasteiger partial charge is 0.143 e. The van der Waals surface area contributed by atoms with E-state index in [2.05, 4.69) is 219 Å². The molecule has 3 heteroatoms. The molecule has 0 atom stereocenters. The van der Waals surface area contributed by atoms with E-state index >= 15 is 0 Å². The van der Waals surface area contributed by atoms with Crippen molar-refractivity contribution in [2.75, 3.05) is 4.90 Å². The Morgan fingerprint density at radius 2 is 0.938 bits per heavy atom. The molecule has 2 heterocycles. The molecule has 0 saturated heterocycles. The molecule has 0 amide bonds. The number of furan rings is 1. The van der Waals surface area contributed by atoms with Crippen molar-refractivity contribution in [2.45, 2.75) is 19.3 Å². The summed E-state index contributed by atoms with van der Waals surface area (Å²) in [6, 6.07) is 76.6. The number of nitrogens with zero attached hydrogens (tertiary/aromatic N) is 1. The minimum Gasteiger partial charge on any atom is -0.456 e. The van der Waals surface area contributed by atoms with E-state index in [0.717, 1.165) is 95.0 Å². The van der Waals surface area contributed by atoms with Gasteiger partial charge in [-0.05, 0) is 128 Å². The molecule has 0 spiro atoms. The highest BCUT2D eigenvalue weighted by Crippen LogP contribution is 2.53. The lowest BCUT2D eigenvalue weighted by Crippen LogP contribution is -2.16. The van der Waals surface area contributed by atoms with E-state index < -0.39 is 0 Å². The molecule has 0 N–H and O–H groups in total. The second kappa shape index (κ2) is 13.9. The summed E-state index contributed by atoms with van der Waals surface area (Å²) in [5.41, 5.74) is 18.9. The molecule has 0 bridgehead atoms. The summed E-state index contributed by atoms with van der Waals surface area (Å²) in [7, 11) is 0. The summed E-state index contributed by atoms with van der Waals surface area (Å²) in [4.78, 5) is 2.38. The molecule has 13 rings (SSSR count). The molecule has 0 radical (unpaired) electrons. The number of ether oxygens (including phenoxy) is 1. The van der Waals surface area contributed by atoms with Crippen LogP contribution in [0.1, 0.15) is 25.0 Å². The van der Waals surface area contributed by atoms with Gasteiger partial charge >= 0.3 is 0 Å². The van der Waals surface area contributed by atoms with Gasteiger partial charge in [-0.2, -0.15) is 0 Å². The van der Waals surface area contributed by atoms with Crippen molar-refractivity contribution in [1.82, 2.24) is 0 Å². The predicted molar refractivity (Wildman–Crippen MR) is 265 cm³/mol. The lowest BCUT2D eigenvalue weighted by atomic mass is 9.82. The highest BCUT2D eigenvalue weighted by atomic mass is 16.5. The summed E-state index contributed by atoms with van der Waals surface area (Å²) >= 11 is 0. The molecule has 0 saturated carbocycles. The maximum atomic E-state index is 7.19. The van der Waals surface area contributed by atoms with E-state index in [-0.39, 0.29) is 5.41 Å². The third kappa shape index (κ3) is 5.60. The van der Waals surface area contributed by atoms with Gasteiger partial charge in [0.25, 0.3) is 0 Å². The normalized spacial score (nSPS) is 13.1. The largest absolute Gasteiger partial charge is 0.456 e. The molecule has 1 aliphatic carbocycles. The second-order valence-electron chi connectivity index (χ2n) is 17.7. The highest BCUT2D eigenvalue weighted by Gasteiger charge is 2.36. The Morgan fingerprint density at radius 1 is 0.359 bits per heavy atom. The molecule has 11 aromatic rings. The molecule has 0 fully saturated rings. The molecule has 0 unspecified atom stereocenters. The van der Waals surface area contributed by atoms with Gasteiger partial charge in [0.15, 0.2) is 0 Å². The molecule has 302 valence electrons. The van der Waals surface area contributed by atoms with Gasteiger partial charge in [0.2, 0.25) is 0 Å². The second-order valence-corrected chi connectivity index (χ2v) is 17.7. The van der Waals surface area contributed by atoms with Crippen molar-refractivity contribution in [1.29, 1.82) is 0 Å². The molecule has 1 aromatic heterocycles. The summed E-state index contributed by atoms with van der Waals surface area (Å²) < 4.78 is 13.7. The molecule has 1 aliphatic heterocycles. The predicted octanol–water partition coefficient (Wildman–Crippen LogP) is 17.3. The van der Waals surface area contributed by atoms with Gasteiger partial charge in [-0.15, -0.1) is 0 Å². The molecule has 2 aliphatic rings. The van der Waals surface area contributed by atoms with Crippen LogP contribution in [0.4, 0.5) is 17.1 Å². The van der Waals surface area contributed by atoms with Crippen molar-refractivity contribution in [3.63, 3.8) is 0 Å². The van der Waals surface area contributed by atoms with Crippen LogP contribution < -0.4 is 9.64 Å². The van der Waals surface area contributed by atoms with Gasteiger partial charge < -0.3 is 14.1 Å². The lowest BCUT2D eigenvalue weighted by molar-refractivity contribution is 0.488. The quantitative estimate of drug-likeness (QED) is 0.173. The van der Waals surface area contributed by atoms with Gasteiger partial charge in [0.05, 0.1) is 0 Å². The number of hydrogen-bond acceptors (Lipinski definition) is 3. The van der Waals surface area contributed by atoms with E-state index in [4.69, 9.17) is 9.15 Å². The molecular formula is C61H41NO2. The topological polar surface area (TPSA) is 25.6 Å². The Labute approximate surface area is 372 Å². The molecule has 64 heavy (non-hydrogen) atoms. The third-order valence-electron chi connectivity index (χ3n) is 13.7. The van der Waals surface area contributed by atoms with E-state index in [1.165, 1.54) is 33.0 Å². The zero-order chi connectivity index (χ0) is 42.5. The van der Waals surface area contributed by atoms with Crippen LogP contribution in [0.15, 0.2) is 217 Å². The SMILES string of the molecule is CC1(C)c2ccccc2-c2ccc(N(c3ccc(-c4cccc5c4oc4ccccc45)cc3)c3ccc4c(c3)Oc3cc(-c5ccccc5)ccc3-c3cc5ccccc5cc3-4)cc21. The van der Waals surface area contributed by atoms with Crippen LogP contribution in [0.5, 0.6) is 11.5 Å². The summed E-state index contributed by atoms with van der Waals surface area (Å²) in [5.74, 6) is 1.64. The van der Waals surface area contributed by atoms with Crippen LogP contribution >= 0.6 is 0 Å². The fraction of sp³-hybridized carbons (Fsp3) is 0.0492. The van der Waals surface area contributed by atoms with Crippen molar-refractivity contribution in [3.05, 3.63) is 223 Å². The van der Waals surface area contributed by atoms with Crippen molar-refractivity contribution < 1.29 is 9.15 Å². The zero-order valence-corrected chi connectivity index (χ0v) is 35.5. The highest BCUT2D eigenvalue weighted by molar-refractivity contribution is 6.09. The Morgan fingerprint density at radius 3 is 1.73 bits per heavy atom. The van der Waals surface area contributed by atoms with Crippen LogP contribution in [0.25, 0.3) is 88.3 Å². The lowest BCUT2D eigenvalue weighted by Gasteiger charge is -2.29. The number of rotatable bonds is 5. The minimum atomic E-state index is -0.160. The Hall–Kier alpha value is -8.14. The first-order chi connectivity index (χ1) is 31.5. The molecular weight excluding hydrogens is 779 g/mol. The van der Waals surface area contributed by atoms with E-state index in [1.54, 1.807) is 0 Å². The first-order valence-corrected chi connectivity index (χ1v) is 22.1. The van der Waals surface area contributed by atoms with Crippen molar-refractivity contribution in [2.24, 2.45) is 0 Å². The van der Waals surface area contributed by atoms with Crippen LogP contribution in [-0.2, 0) is 5.41 Å². The van der Waals surface area contributed by atoms with Gasteiger partial charge in [-0.1, -0.05) is 153 Å². The minimum absolute atomic E-state index is 0.160. The number of hydrogen-bond donors (Lipinski definition) is 0. The van der Waals surface area contributed by atoms with E-state index in [1.807, 2.05) is 12.1 Å². The number of fused-ring (bicyclic) bond motifs is 12. The van der Waals surface area contributed by atoms with Gasteiger partial charge in [0.1, 0.15) is 22.7 Å². The maximum absolute atomic E-state index is 7.19. The average molecular weight is 820 g/mol. The zero-order valence-electron chi connectivity index (χ0n) is 35.5. The van der Waals surface area contributed by atoms with Gasteiger partial charge in [-0.3, -0.25) is 0 Å². The Kier molecular flexibility index (Phi) is 7.95. The fourth-order valence-electron chi connectivity index (χ4n) is 10.4. The van der Waals surface area contributed by atoms with Crippen LogP contribution in [-0.4, -0.2) is 0 Å². The molecule has 3 nitrogen and oxygen atoms in total. The Bertz CT molecular complexity index is 3670. The monoisotopic (exact) mass is 819 g/mol. The summed E-state index contributed by atoms with van der Waals surface area (Å²) in [5, 5.41) is 4.65. The standard InChI is InChI=1S/C61H41NO2/c1-61(2)55-21-10-8-17-47(55)48-31-28-44(36-56(48)61)62(43-26-23-39(24-27-43)46-19-12-20-52-49-18-9-11-22-57(49)64-60(46)52)45-29-32-51-54-34-41-16-7-6-15-40(41)33-53(54)50-30-25-42(38-13-4-3-5-14-38)35-58(50)63-59(51)37-45/h3-37H,1-2H3. The van der Waals surface area contributed by atoms with Crippen LogP contribution in [0.2, 0.25) is 0 Å². The van der Waals surface area contributed by atoms with Gasteiger partial charge in [-0.25, -0.2) is 0 Å². The van der Waals surface area contributed by atoms with Gasteiger partial charge in [0, 0.05) is 56.0 Å². The third-order valence-corrected chi connectivity index (χ3v) is 13.7. The first kappa shape index (κ1) is 36.5. The van der Waals surface area contributed by atoms with E-state index in [9.17, 15) is 0 Å². The van der Waals surface area contributed by atoms with Crippen LogP contribution in [0, 0.1) is 0 Å². The summed E-state index contributed by atoms with van der Waals surface area (Å²) in [6.45, 7) is 4.69. The summed E-state index contributed by atoms with van der Waals surface area (Å²) in [6.07, 6.45) is 0. The fourth-order valence-corrected chi connectivity index (χ4v) is 10.4. The van der Waals surface area contributed by atoms with Crippen molar-refractivity contribution in [3.8, 4) is 67.1 Å². The average Bonchev–Trinajstić information content (AvgIpc) is 3.79. The van der Waals surface area contributed by atoms with Crippen LogP contribution in [0.3, 0.4) is 0 Å². The number of benzene rings is 10. The Balaban J connectivity index is 0.993. The number of para-hydroxylation sites is 2. The number of anilines is 3. The molecule has 10 aromatic carbocycles. The first-order valence-electron chi connectivity index (χ1n) is 22.1. The maximum Gasteiger partial charge on any atom is 0.143 e. The van der Waals surface area contributed by atoms with Crippen molar-refractivity contribution >= 4 is 49.8 Å².